The molecule has 0 radical (unpaired) electrons. The summed E-state index contributed by atoms with van der Waals surface area (Å²) in [6, 6.07) is 18.5. The summed E-state index contributed by atoms with van der Waals surface area (Å²) in [6.45, 7) is 1.44. The number of amides is 2. The van der Waals surface area contributed by atoms with E-state index in [1.54, 1.807) is 43.5 Å². The average Bonchev–Trinajstić information content (AvgIpc) is 3.29. The van der Waals surface area contributed by atoms with E-state index >= 15 is 0 Å². The van der Waals surface area contributed by atoms with Crippen molar-refractivity contribution in [2.45, 2.75) is 13.0 Å². The summed E-state index contributed by atoms with van der Waals surface area (Å²) in [5.74, 6) is -0.747. The zero-order valence-electron chi connectivity index (χ0n) is 18.6. The summed E-state index contributed by atoms with van der Waals surface area (Å²) in [7, 11) is 0. The Morgan fingerprint density at radius 3 is 2.43 bits per heavy atom. The Kier molecular flexibility index (Phi) is 7.45. The number of hydrogen-bond donors (Lipinski definition) is 3. The van der Waals surface area contributed by atoms with E-state index in [9.17, 15) is 14.7 Å². The Bertz CT molecular complexity index is 1360. The minimum absolute atomic E-state index is 0.0702. The number of anilines is 1. The molecule has 0 aliphatic rings. The van der Waals surface area contributed by atoms with E-state index in [-0.39, 0.29) is 28.7 Å². The Hall–Kier alpha value is -3.72. The predicted molar refractivity (Wildman–Crippen MR) is 135 cm³/mol. The Labute approximate surface area is 211 Å². The fourth-order valence-electron chi connectivity index (χ4n) is 3.32. The highest BCUT2D eigenvalue weighted by atomic mass is 35.5. The van der Waals surface area contributed by atoms with Crippen LogP contribution in [0.15, 0.2) is 72.9 Å². The Morgan fingerprint density at radius 1 is 1.00 bits per heavy atom. The summed E-state index contributed by atoms with van der Waals surface area (Å²) in [4.78, 5) is 30.2. The Morgan fingerprint density at radius 2 is 1.74 bits per heavy atom. The molecule has 0 bridgehead atoms. The molecule has 0 saturated heterocycles. The highest BCUT2D eigenvalue weighted by Crippen LogP contribution is 2.32. The molecule has 8 nitrogen and oxygen atoms in total. The van der Waals surface area contributed by atoms with Gasteiger partial charge >= 0.3 is 0 Å². The van der Waals surface area contributed by atoms with Crippen molar-refractivity contribution in [3.8, 4) is 16.9 Å². The third kappa shape index (κ3) is 5.51. The maximum absolute atomic E-state index is 13.3. The van der Waals surface area contributed by atoms with Gasteiger partial charge in [0.05, 0.1) is 33.6 Å². The first-order valence-electron chi connectivity index (χ1n) is 10.7. The quantitative estimate of drug-likeness (QED) is 0.337. The number of rotatable bonds is 7. The number of hydrogen-bond acceptors (Lipinski definition) is 5. The normalized spacial score (nSPS) is 11.7. The highest BCUT2D eigenvalue weighted by Gasteiger charge is 2.21. The number of halogens is 2. The van der Waals surface area contributed by atoms with Crippen LogP contribution in [0.3, 0.4) is 0 Å². The molecule has 0 aliphatic heterocycles. The van der Waals surface area contributed by atoms with Gasteiger partial charge in [0, 0.05) is 23.9 Å². The van der Waals surface area contributed by atoms with Crippen LogP contribution in [-0.4, -0.2) is 44.3 Å². The number of carbonyl (C=O) groups is 2. The number of benzene rings is 2. The fraction of sp³-hybridized carbons (Fsp3) is 0.120. The second kappa shape index (κ2) is 10.7. The molecule has 2 aromatic heterocycles. The van der Waals surface area contributed by atoms with E-state index in [0.29, 0.717) is 22.0 Å². The van der Waals surface area contributed by atoms with Crippen LogP contribution >= 0.6 is 23.2 Å². The largest absolute Gasteiger partial charge is 0.394 e. The van der Waals surface area contributed by atoms with E-state index in [4.69, 9.17) is 23.2 Å². The molecule has 178 valence electrons. The van der Waals surface area contributed by atoms with Gasteiger partial charge in [0.2, 0.25) is 0 Å². The molecule has 4 aromatic rings. The highest BCUT2D eigenvalue weighted by molar-refractivity contribution is 6.38. The van der Waals surface area contributed by atoms with E-state index in [1.165, 1.54) is 16.8 Å². The molecule has 2 aromatic carbocycles. The standard InChI is InChI=1S/C25H21Cl2N5O3/c1-15(14-33)29-25(35)22-13-23(32(31-22)16-7-3-2-4-8-16)30-24(34)18-11-17(19(26)12-20(18)27)21-9-5-6-10-28-21/h2-13,15,33H,14H2,1H3,(H,29,35)(H,30,34)/t15-/m0/s1. The molecule has 2 heterocycles. The van der Waals surface area contributed by atoms with Crippen molar-refractivity contribution < 1.29 is 14.7 Å². The van der Waals surface area contributed by atoms with Gasteiger partial charge in [-0.2, -0.15) is 5.10 Å². The first-order chi connectivity index (χ1) is 16.9. The molecule has 0 unspecified atom stereocenters. The number of aromatic nitrogens is 3. The summed E-state index contributed by atoms with van der Waals surface area (Å²) < 4.78 is 1.44. The molecule has 2 amide bonds. The second-order valence-electron chi connectivity index (χ2n) is 7.70. The van der Waals surface area contributed by atoms with Gasteiger partial charge in [-0.1, -0.05) is 47.5 Å². The van der Waals surface area contributed by atoms with Gasteiger partial charge in [0.1, 0.15) is 5.82 Å². The molecule has 10 heteroatoms. The molecule has 1 atom stereocenters. The second-order valence-corrected chi connectivity index (χ2v) is 8.51. The summed E-state index contributed by atoms with van der Waals surface area (Å²) in [6.07, 6.45) is 1.63. The van der Waals surface area contributed by atoms with Gasteiger partial charge in [-0.15, -0.1) is 0 Å². The smallest absolute Gasteiger partial charge is 0.272 e. The van der Waals surface area contributed by atoms with Crippen molar-refractivity contribution in [1.82, 2.24) is 20.1 Å². The SMILES string of the molecule is C[C@@H](CO)NC(=O)c1cc(NC(=O)c2cc(-c3ccccn3)c(Cl)cc2Cl)n(-c2ccccc2)n1. The summed E-state index contributed by atoms with van der Waals surface area (Å²) in [5.41, 5.74) is 2.03. The van der Waals surface area contributed by atoms with E-state index < -0.39 is 17.9 Å². The van der Waals surface area contributed by atoms with Crippen LogP contribution < -0.4 is 10.6 Å². The third-order valence-electron chi connectivity index (χ3n) is 5.08. The minimum Gasteiger partial charge on any atom is -0.394 e. The predicted octanol–water partition coefficient (Wildman–Crippen LogP) is 4.60. The van der Waals surface area contributed by atoms with Gasteiger partial charge in [-0.25, -0.2) is 4.68 Å². The first kappa shape index (κ1) is 24.4. The molecule has 35 heavy (non-hydrogen) atoms. The molecule has 3 N–H and O–H groups in total. The van der Waals surface area contributed by atoms with Crippen LogP contribution in [0.25, 0.3) is 16.9 Å². The van der Waals surface area contributed by atoms with Gasteiger partial charge in [-0.05, 0) is 43.3 Å². The van der Waals surface area contributed by atoms with Crippen LogP contribution in [0, 0.1) is 0 Å². The lowest BCUT2D eigenvalue weighted by Gasteiger charge is -2.12. The van der Waals surface area contributed by atoms with Crippen molar-refractivity contribution in [2.75, 3.05) is 11.9 Å². The number of aliphatic hydroxyl groups excluding tert-OH is 1. The van der Waals surface area contributed by atoms with Gasteiger partial charge in [0.15, 0.2) is 5.69 Å². The molecular formula is C25H21Cl2N5O3. The minimum atomic E-state index is -0.517. The third-order valence-corrected chi connectivity index (χ3v) is 5.70. The molecule has 0 aliphatic carbocycles. The number of carbonyl (C=O) groups excluding carboxylic acids is 2. The van der Waals surface area contributed by atoms with Crippen molar-refractivity contribution >= 4 is 40.8 Å². The van der Waals surface area contributed by atoms with Gasteiger partial charge in [-0.3, -0.25) is 14.6 Å². The van der Waals surface area contributed by atoms with Crippen molar-refractivity contribution in [1.29, 1.82) is 0 Å². The molecule has 0 fully saturated rings. The number of nitrogens with one attached hydrogen (secondary N) is 2. The lowest BCUT2D eigenvalue weighted by Crippen LogP contribution is -2.35. The van der Waals surface area contributed by atoms with Crippen LogP contribution in [-0.2, 0) is 0 Å². The summed E-state index contributed by atoms with van der Waals surface area (Å²) >= 11 is 12.7. The van der Waals surface area contributed by atoms with Crippen LogP contribution in [0.5, 0.6) is 0 Å². The Balaban J connectivity index is 1.70. The van der Waals surface area contributed by atoms with E-state index in [2.05, 4.69) is 20.7 Å². The number of pyridine rings is 1. The van der Waals surface area contributed by atoms with Gasteiger partial charge < -0.3 is 15.7 Å². The molecular weight excluding hydrogens is 489 g/mol. The van der Waals surface area contributed by atoms with Crippen LogP contribution in [0.4, 0.5) is 5.82 Å². The van der Waals surface area contributed by atoms with Crippen molar-refractivity contribution in [3.63, 3.8) is 0 Å². The van der Waals surface area contributed by atoms with E-state index in [1.807, 2.05) is 24.3 Å². The van der Waals surface area contributed by atoms with Crippen molar-refractivity contribution in [2.24, 2.45) is 0 Å². The fourth-order valence-corrected chi connectivity index (χ4v) is 3.88. The number of para-hydroxylation sites is 1. The number of nitrogens with zero attached hydrogens (tertiary/aromatic N) is 3. The zero-order chi connectivity index (χ0) is 24.9. The zero-order valence-corrected chi connectivity index (χ0v) is 20.1. The number of aliphatic hydroxyl groups is 1. The van der Waals surface area contributed by atoms with Crippen LogP contribution in [0.1, 0.15) is 27.8 Å². The lowest BCUT2D eigenvalue weighted by molar-refractivity contribution is 0.0916. The van der Waals surface area contributed by atoms with Crippen molar-refractivity contribution in [3.05, 3.63) is 94.2 Å². The first-order valence-corrected chi connectivity index (χ1v) is 11.4. The molecule has 0 spiro atoms. The van der Waals surface area contributed by atoms with E-state index in [0.717, 1.165) is 0 Å². The molecule has 0 saturated carbocycles. The monoisotopic (exact) mass is 509 g/mol. The maximum atomic E-state index is 13.3. The average molecular weight is 510 g/mol. The topological polar surface area (TPSA) is 109 Å². The lowest BCUT2D eigenvalue weighted by atomic mass is 10.1. The van der Waals surface area contributed by atoms with Crippen LogP contribution in [0.2, 0.25) is 10.0 Å². The molecule has 4 rings (SSSR count). The maximum Gasteiger partial charge on any atom is 0.272 e. The van der Waals surface area contributed by atoms with Gasteiger partial charge in [0.25, 0.3) is 11.8 Å². The summed E-state index contributed by atoms with van der Waals surface area (Å²) in [5, 5.41) is 19.6.